The number of nitrogens with zero attached hydrogens (tertiary/aromatic N) is 2. The normalized spacial score (nSPS) is 24.5. The molecular formula is C16H22Cl2N2O2. The molecule has 0 radical (unpaired) electrons. The van der Waals surface area contributed by atoms with Crippen LogP contribution < -0.4 is 0 Å². The first-order valence-corrected chi connectivity index (χ1v) is 8.57. The summed E-state index contributed by atoms with van der Waals surface area (Å²) in [6.45, 7) is 8.61. The molecule has 2 aliphatic rings. The maximum Gasteiger partial charge on any atom is 0.0952 e. The zero-order valence-corrected chi connectivity index (χ0v) is 14.2. The highest BCUT2D eigenvalue weighted by atomic mass is 35.5. The molecule has 6 heteroatoms. The van der Waals surface area contributed by atoms with E-state index in [1.54, 1.807) is 0 Å². The molecule has 0 aromatic heterocycles. The third-order valence-electron chi connectivity index (χ3n) is 4.30. The Morgan fingerprint density at radius 1 is 0.955 bits per heavy atom. The van der Waals surface area contributed by atoms with Gasteiger partial charge in [-0.15, -0.1) is 0 Å². The van der Waals surface area contributed by atoms with E-state index in [0.717, 1.165) is 64.7 Å². The summed E-state index contributed by atoms with van der Waals surface area (Å²) >= 11 is 12.1. The van der Waals surface area contributed by atoms with Crippen LogP contribution in [0.4, 0.5) is 0 Å². The highest BCUT2D eigenvalue weighted by molar-refractivity contribution is 6.42. The zero-order chi connectivity index (χ0) is 15.4. The lowest BCUT2D eigenvalue weighted by atomic mass is 10.1. The van der Waals surface area contributed by atoms with Crippen LogP contribution in [0.25, 0.3) is 0 Å². The quantitative estimate of drug-likeness (QED) is 0.838. The lowest BCUT2D eigenvalue weighted by Crippen LogP contribution is -2.45. The standard InChI is InChI=1S/C16H22Cl2N2O2/c17-14-2-1-13(11-15(14)18)16-12-20(7-10-22-16)4-3-19-5-8-21-9-6-19/h1-2,11,16H,3-10,12H2/t16-/m1/s1. The van der Waals surface area contributed by atoms with Crippen LogP contribution in [0.1, 0.15) is 11.7 Å². The van der Waals surface area contributed by atoms with Gasteiger partial charge in [-0.1, -0.05) is 29.3 Å². The Balaban J connectivity index is 1.53. The van der Waals surface area contributed by atoms with Crippen LogP contribution in [-0.2, 0) is 9.47 Å². The van der Waals surface area contributed by atoms with Crippen LogP contribution >= 0.6 is 23.2 Å². The third kappa shape index (κ3) is 4.34. The molecule has 2 aliphatic heterocycles. The highest BCUT2D eigenvalue weighted by Gasteiger charge is 2.23. The van der Waals surface area contributed by atoms with Gasteiger partial charge in [0.1, 0.15) is 0 Å². The van der Waals surface area contributed by atoms with Gasteiger partial charge < -0.3 is 9.47 Å². The molecule has 1 atom stereocenters. The molecule has 0 aliphatic carbocycles. The second-order valence-corrected chi connectivity index (χ2v) is 6.60. The summed E-state index contributed by atoms with van der Waals surface area (Å²) in [6, 6.07) is 5.76. The largest absolute Gasteiger partial charge is 0.379 e. The number of morpholine rings is 2. The molecule has 4 nitrogen and oxygen atoms in total. The van der Waals surface area contributed by atoms with E-state index in [9.17, 15) is 0 Å². The average Bonchev–Trinajstić information content (AvgIpc) is 2.57. The number of halogens is 2. The molecule has 0 amide bonds. The van der Waals surface area contributed by atoms with Gasteiger partial charge in [0.2, 0.25) is 0 Å². The SMILES string of the molecule is Clc1ccc([C@H]2CN(CCN3CCOCC3)CCO2)cc1Cl. The summed E-state index contributed by atoms with van der Waals surface area (Å²) in [7, 11) is 0. The van der Waals surface area contributed by atoms with Gasteiger partial charge in [-0.3, -0.25) is 9.80 Å². The Morgan fingerprint density at radius 2 is 1.68 bits per heavy atom. The number of ether oxygens (including phenoxy) is 2. The van der Waals surface area contributed by atoms with Crippen molar-refractivity contribution in [1.29, 1.82) is 0 Å². The van der Waals surface area contributed by atoms with Crippen LogP contribution in [0, 0.1) is 0 Å². The predicted molar refractivity (Wildman–Crippen MR) is 88.9 cm³/mol. The van der Waals surface area contributed by atoms with E-state index in [1.807, 2.05) is 18.2 Å². The van der Waals surface area contributed by atoms with Crippen LogP contribution in [0.3, 0.4) is 0 Å². The van der Waals surface area contributed by atoms with Gasteiger partial charge in [-0.25, -0.2) is 0 Å². The van der Waals surface area contributed by atoms with E-state index >= 15 is 0 Å². The van der Waals surface area contributed by atoms with Crippen LogP contribution in [0.15, 0.2) is 18.2 Å². The number of hydrogen-bond acceptors (Lipinski definition) is 4. The fourth-order valence-corrected chi connectivity index (χ4v) is 3.23. The minimum absolute atomic E-state index is 0.0770. The molecule has 22 heavy (non-hydrogen) atoms. The minimum atomic E-state index is 0.0770. The molecule has 1 aromatic rings. The summed E-state index contributed by atoms with van der Waals surface area (Å²) in [6.07, 6.45) is 0.0770. The first-order chi connectivity index (χ1) is 10.7. The van der Waals surface area contributed by atoms with Crippen molar-refractivity contribution in [2.24, 2.45) is 0 Å². The van der Waals surface area contributed by atoms with Crippen molar-refractivity contribution in [3.05, 3.63) is 33.8 Å². The maximum absolute atomic E-state index is 6.11. The second kappa shape index (κ2) is 7.95. The molecular weight excluding hydrogens is 323 g/mol. The molecule has 0 N–H and O–H groups in total. The van der Waals surface area contributed by atoms with Gasteiger partial charge in [0.15, 0.2) is 0 Å². The summed E-state index contributed by atoms with van der Waals surface area (Å²) in [5.41, 5.74) is 1.10. The molecule has 2 fully saturated rings. The Hall–Kier alpha value is -0.360. The summed E-state index contributed by atoms with van der Waals surface area (Å²) in [5.74, 6) is 0. The zero-order valence-electron chi connectivity index (χ0n) is 12.6. The lowest BCUT2D eigenvalue weighted by molar-refractivity contribution is -0.0356. The second-order valence-electron chi connectivity index (χ2n) is 5.79. The fraction of sp³-hybridized carbons (Fsp3) is 0.625. The molecule has 0 saturated carbocycles. The van der Waals surface area contributed by atoms with Gasteiger partial charge >= 0.3 is 0 Å². The van der Waals surface area contributed by atoms with Crippen molar-refractivity contribution >= 4 is 23.2 Å². The topological polar surface area (TPSA) is 24.9 Å². The highest BCUT2D eigenvalue weighted by Crippen LogP contribution is 2.28. The molecule has 1 aromatic carbocycles. The van der Waals surface area contributed by atoms with Crippen LogP contribution in [-0.4, -0.2) is 68.9 Å². The van der Waals surface area contributed by atoms with Crippen molar-refractivity contribution in [2.45, 2.75) is 6.10 Å². The molecule has 0 bridgehead atoms. The van der Waals surface area contributed by atoms with Gasteiger partial charge in [0.25, 0.3) is 0 Å². The molecule has 2 saturated heterocycles. The first kappa shape index (κ1) is 16.5. The Kier molecular flexibility index (Phi) is 5.96. The predicted octanol–water partition coefficient (Wildman–Crippen LogP) is 2.70. The smallest absolute Gasteiger partial charge is 0.0952 e. The van der Waals surface area contributed by atoms with Crippen LogP contribution in [0.5, 0.6) is 0 Å². The minimum Gasteiger partial charge on any atom is -0.379 e. The molecule has 0 spiro atoms. The van der Waals surface area contributed by atoms with Gasteiger partial charge in [-0.2, -0.15) is 0 Å². The average molecular weight is 345 g/mol. The number of rotatable bonds is 4. The maximum atomic E-state index is 6.11. The first-order valence-electron chi connectivity index (χ1n) is 7.81. The third-order valence-corrected chi connectivity index (χ3v) is 5.04. The van der Waals surface area contributed by atoms with Crippen molar-refractivity contribution in [3.8, 4) is 0 Å². The van der Waals surface area contributed by atoms with Gasteiger partial charge in [0.05, 0.1) is 36.0 Å². The number of hydrogen-bond donors (Lipinski definition) is 0. The Labute approximate surface area is 141 Å². The van der Waals surface area contributed by atoms with E-state index in [4.69, 9.17) is 32.7 Å². The summed E-state index contributed by atoms with van der Waals surface area (Å²) in [5, 5.41) is 1.18. The summed E-state index contributed by atoms with van der Waals surface area (Å²) < 4.78 is 11.3. The fourth-order valence-electron chi connectivity index (χ4n) is 2.93. The van der Waals surface area contributed by atoms with E-state index in [2.05, 4.69) is 9.80 Å². The summed E-state index contributed by atoms with van der Waals surface area (Å²) in [4.78, 5) is 4.93. The van der Waals surface area contributed by atoms with Crippen LogP contribution in [0.2, 0.25) is 10.0 Å². The van der Waals surface area contributed by atoms with Crippen molar-refractivity contribution < 1.29 is 9.47 Å². The Morgan fingerprint density at radius 3 is 2.45 bits per heavy atom. The van der Waals surface area contributed by atoms with E-state index in [0.29, 0.717) is 10.0 Å². The van der Waals surface area contributed by atoms with Gasteiger partial charge in [0, 0.05) is 39.3 Å². The lowest BCUT2D eigenvalue weighted by Gasteiger charge is -2.35. The van der Waals surface area contributed by atoms with E-state index < -0.39 is 0 Å². The molecule has 0 unspecified atom stereocenters. The Bertz CT molecular complexity index is 495. The molecule has 122 valence electrons. The van der Waals surface area contributed by atoms with Crippen molar-refractivity contribution in [3.63, 3.8) is 0 Å². The monoisotopic (exact) mass is 344 g/mol. The van der Waals surface area contributed by atoms with Crippen molar-refractivity contribution in [1.82, 2.24) is 9.80 Å². The molecule has 3 rings (SSSR count). The van der Waals surface area contributed by atoms with E-state index in [1.165, 1.54) is 0 Å². The molecule has 2 heterocycles. The number of benzene rings is 1. The van der Waals surface area contributed by atoms with E-state index in [-0.39, 0.29) is 6.10 Å². The van der Waals surface area contributed by atoms with Crippen molar-refractivity contribution in [2.75, 3.05) is 59.1 Å². The van der Waals surface area contributed by atoms with Gasteiger partial charge in [-0.05, 0) is 17.7 Å².